The van der Waals surface area contributed by atoms with Gasteiger partial charge in [0.2, 0.25) is 5.95 Å². The fourth-order valence-electron chi connectivity index (χ4n) is 2.99. The van der Waals surface area contributed by atoms with Crippen LogP contribution in [0, 0.1) is 11.3 Å². The number of anilines is 2. The summed E-state index contributed by atoms with van der Waals surface area (Å²) >= 11 is 1.51. The minimum atomic E-state index is -0.542. The first-order valence-electron chi connectivity index (χ1n) is 9.24. The quantitative estimate of drug-likeness (QED) is 0.288. The van der Waals surface area contributed by atoms with Crippen LogP contribution in [0.25, 0.3) is 10.2 Å². The van der Waals surface area contributed by atoms with Gasteiger partial charge in [-0.2, -0.15) is 5.26 Å². The topological polar surface area (TPSA) is 116 Å². The van der Waals surface area contributed by atoms with E-state index in [0.29, 0.717) is 23.9 Å². The van der Waals surface area contributed by atoms with Crippen molar-refractivity contribution in [1.29, 1.82) is 5.26 Å². The Morgan fingerprint density at radius 3 is 2.70 bits per heavy atom. The van der Waals surface area contributed by atoms with E-state index in [4.69, 9.17) is 5.26 Å². The van der Waals surface area contributed by atoms with Crippen LogP contribution in [0.4, 0.5) is 11.6 Å². The van der Waals surface area contributed by atoms with Crippen LogP contribution in [0.3, 0.4) is 0 Å². The molecule has 0 spiro atoms. The van der Waals surface area contributed by atoms with Gasteiger partial charge in [0.25, 0.3) is 0 Å². The predicted molar refractivity (Wildman–Crippen MR) is 115 cm³/mol. The van der Waals surface area contributed by atoms with E-state index in [1.54, 1.807) is 24.4 Å². The van der Waals surface area contributed by atoms with Crippen molar-refractivity contribution in [2.45, 2.75) is 12.3 Å². The molecule has 8 nitrogen and oxygen atoms in total. The number of nitrogens with zero attached hydrogens (tertiary/aromatic N) is 4. The summed E-state index contributed by atoms with van der Waals surface area (Å²) in [5, 5.41) is 22.1. The van der Waals surface area contributed by atoms with E-state index in [9.17, 15) is 5.26 Å². The number of hydrogen-bond donors (Lipinski definition) is 3. The second-order valence-electron chi connectivity index (χ2n) is 6.45. The molecule has 0 aliphatic rings. The molecule has 1 unspecified atom stereocenters. The minimum absolute atomic E-state index is 0.473. The summed E-state index contributed by atoms with van der Waals surface area (Å²) in [7, 11) is 0. The van der Waals surface area contributed by atoms with Gasteiger partial charge in [-0.1, -0.05) is 24.3 Å². The second kappa shape index (κ2) is 9.28. The molecule has 2 aromatic heterocycles. The number of nitriles is 1. The maximum atomic E-state index is 9.74. The van der Waals surface area contributed by atoms with Gasteiger partial charge in [-0.05, 0) is 42.3 Å². The third-order valence-corrected chi connectivity index (χ3v) is 5.57. The van der Waals surface area contributed by atoms with Crippen molar-refractivity contribution in [2.24, 2.45) is 0 Å². The number of benzene rings is 2. The SMILES string of the molecule is N#CC(c1ccnc(NCCc2ccc(NOO)cc2)n1)c1nc2ccccc2s1. The molecule has 0 fully saturated rings. The number of para-hydroxylation sites is 1. The van der Waals surface area contributed by atoms with Gasteiger partial charge in [-0.3, -0.25) is 0 Å². The van der Waals surface area contributed by atoms with Crippen LogP contribution in [0.15, 0.2) is 60.8 Å². The maximum absolute atomic E-state index is 9.74. The van der Waals surface area contributed by atoms with Crippen LogP contribution >= 0.6 is 11.3 Å². The number of aromatic nitrogens is 3. The van der Waals surface area contributed by atoms with Crippen LogP contribution in [0.1, 0.15) is 22.2 Å². The maximum Gasteiger partial charge on any atom is 0.222 e. The summed E-state index contributed by atoms with van der Waals surface area (Å²) in [6.45, 7) is 0.630. The molecule has 4 rings (SSSR count). The van der Waals surface area contributed by atoms with Crippen molar-refractivity contribution in [1.82, 2.24) is 15.0 Å². The lowest BCUT2D eigenvalue weighted by Gasteiger charge is -2.09. The predicted octanol–water partition coefficient (Wildman–Crippen LogP) is 4.21. The first-order chi connectivity index (χ1) is 14.8. The zero-order valence-corrected chi connectivity index (χ0v) is 16.6. The Morgan fingerprint density at radius 1 is 1.10 bits per heavy atom. The summed E-state index contributed by atoms with van der Waals surface area (Å²) in [4.78, 5) is 17.3. The summed E-state index contributed by atoms with van der Waals surface area (Å²) < 4.78 is 1.05. The van der Waals surface area contributed by atoms with Crippen molar-refractivity contribution < 1.29 is 10.2 Å². The van der Waals surface area contributed by atoms with E-state index in [1.807, 2.05) is 36.4 Å². The fraction of sp³-hybridized carbons (Fsp3) is 0.143. The second-order valence-corrected chi connectivity index (χ2v) is 7.52. The van der Waals surface area contributed by atoms with Gasteiger partial charge in [-0.25, -0.2) is 25.7 Å². The van der Waals surface area contributed by atoms with Gasteiger partial charge in [0.1, 0.15) is 10.9 Å². The number of fused-ring (bicyclic) bond motifs is 1. The highest BCUT2D eigenvalue weighted by molar-refractivity contribution is 7.18. The van der Waals surface area contributed by atoms with E-state index >= 15 is 0 Å². The Morgan fingerprint density at radius 2 is 1.93 bits per heavy atom. The lowest BCUT2D eigenvalue weighted by atomic mass is 10.1. The van der Waals surface area contributed by atoms with Crippen molar-refractivity contribution in [2.75, 3.05) is 17.3 Å². The van der Waals surface area contributed by atoms with E-state index in [2.05, 4.69) is 36.8 Å². The summed E-state index contributed by atoms with van der Waals surface area (Å²) in [6, 6.07) is 19.4. The molecule has 9 heteroatoms. The van der Waals surface area contributed by atoms with Gasteiger partial charge < -0.3 is 5.32 Å². The van der Waals surface area contributed by atoms with Crippen molar-refractivity contribution >= 4 is 33.2 Å². The number of nitrogens with one attached hydrogen (secondary N) is 2. The Labute approximate surface area is 176 Å². The monoisotopic (exact) mass is 418 g/mol. The lowest BCUT2D eigenvalue weighted by Crippen LogP contribution is -2.10. The summed E-state index contributed by atoms with van der Waals surface area (Å²) in [6.07, 6.45) is 2.41. The third-order valence-electron chi connectivity index (χ3n) is 4.47. The molecule has 2 heterocycles. The Balaban J connectivity index is 1.43. The van der Waals surface area contributed by atoms with Gasteiger partial charge in [0, 0.05) is 12.7 Å². The van der Waals surface area contributed by atoms with Crippen molar-refractivity contribution in [3.8, 4) is 6.07 Å². The average Bonchev–Trinajstić information content (AvgIpc) is 3.20. The van der Waals surface area contributed by atoms with Crippen LogP contribution in [0.5, 0.6) is 0 Å². The molecule has 0 aliphatic heterocycles. The first-order valence-corrected chi connectivity index (χ1v) is 10.1. The normalized spacial score (nSPS) is 11.7. The fourth-order valence-corrected chi connectivity index (χ4v) is 4.02. The van der Waals surface area contributed by atoms with Crippen LogP contribution in [-0.2, 0) is 11.4 Å². The van der Waals surface area contributed by atoms with Crippen molar-refractivity contribution in [3.05, 3.63) is 77.1 Å². The zero-order valence-electron chi connectivity index (χ0n) is 15.8. The van der Waals surface area contributed by atoms with E-state index in [1.165, 1.54) is 11.3 Å². The summed E-state index contributed by atoms with van der Waals surface area (Å²) in [5.41, 5.74) is 5.61. The van der Waals surface area contributed by atoms with Crippen LogP contribution in [-0.4, -0.2) is 26.8 Å². The van der Waals surface area contributed by atoms with E-state index < -0.39 is 5.92 Å². The van der Waals surface area contributed by atoms with Crippen LogP contribution < -0.4 is 10.8 Å². The average molecular weight is 418 g/mol. The molecular formula is C21H18N6O2S. The van der Waals surface area contributed by atoms with Gasteiger partial charge >= 0.3 is 0 Å². The summed E-state index contributed by atoms with van der Waals surface area (Å²) in [5.74, 6) is -0.0689. The molecule has 3 N–H and O–H groups in total. The Hall–Kier alpha value is -3.58. The Bertz CT molecular complexity index is 1140. The van der Waals surface area contributed by atoms with E-state index in [0.717, 1.165) is 27.2 Å². The molecule has 30 heavy (non-hydrogen) atoms. The molecule has 150 valence electrons. The van der Waals surface area contributed by atoms with Crippen LogP contribution in [0.2, 0.25) is 0 Å². The molecular weight excluding hydrogens is 400 g/mol. The standard InChI is InChI=1S/C21H18N6O2S/c22-13-16(20-25-18-3-1-2-4-19(18)30-20)17-10-12-24-21(26-17)23-11-9-14-5-7-15(8-6-14)27-29-28/h1-8,10,12,16,27-28H,9,11H2,(H,23,24,26). The molecule has 4 aromatic rings. The highest BCUT2D eigenvalue weighted by atomic mass is 32.1. The minimum Gasteiger partial charge on any atom is -0.354 e. The Kier molecular flexibility index (Phi) is 6.10. The van der Waals surface area contributed by atoms with E-state index in [-0.39, 0.29) is 0 Å². The van der Waals surface area contributed by atoms with Gasteiger partial charge in [0.15, 0.2) is 0 Å². The molecule has 2 aromatic carbocycles. The highest BCUT2D eigenvalue weighted by Crippen LogP contribution is 2.30. The largest absolute Gasteiger partial charge is 0.354 e. The first kappa shape index (κ1) is 19.7. The molecule has 0 amide bonds. The van der Waals surface area contributed by atoms with Crippen molar-refractivity contribution in [3.63, 3.8) is 0 Å². The molecule has 0 bridgehead atoms. The molecule has 0 aliphatic carbocycles. The smallest absolute Gasteiger partial charge is 0.222 e. The highest BCUT2D eigenvalue weighted by Gasteiger charge is 2.20. The molecule has 0 saturated heterocycles. The third kappa shape index (κ3) is 4.52. The number of thiazole rings is 1. The molecule has 0 saturated carbocycles. The zero-order chi connectivity index (χ0) is 20.8. The van der Waals surface area contributed by atoms with Gasteiger partial charge in [0.05, 0.1) is 27.7 Å². The van der Waals surface area contributed by atoms with Gasteiger partial charge in [-0.15, -0.1) is 16.3 Å². The lowest BCUT2D eigenvalue weighted by molar-refractivity contribution is -0.215. The number of rotatable bonds is 8. The number of hydrogen-bond acceptors (Lipinski definition) is 9. The molecule has 0 radical (unpaired) electrons. The molecule has 1 atom stereocenters.